The maximum Gasteiger partial charge on any atom is 0.408 e. The molecule has 0 bridgehead atoms. The molecule has 1 atom stereocenters. The largest absolute Gasteiger partial charge is 0.444 e. The Morgan fingerprint density at radius 1 is 1.28 bits per heavy atom. The first-order valence-electron chi connectivity index (χ1n) is 9.77. The van der Waals surface area contributed by atoms with E-state index in [-0.39, 0.29) is 5.91 Å². The second kappa shape index (κ2) is 11.0. The molecular weight excluding hydrogens is 386 g/mol. The van der Waals surface area contributed by atoms with Crippen molar-refractivity contribution in [2.24, 2.45) is 0 Å². The number of rotatable bonds is 9. The van der Waals surface area contributed by atoms with Crippen molar-refractivity contribution in [2.75, 3.05) is 0 Å². The maximum absolute atomic E-state index is 13.4. The summed E-state index contributed by atoms with van der Waals surface area (Å²) in [5.74, 6) is -0.137. The van der Waals surface area contributed by atoms with Crippen molar-refractivity contribution in [3.63, 3.8) is 0 Å². The van der Waals surface area contributed by atoms with Gasteiger partial charge in [-0.2, -0.15) is 0 Å². The standard InChI is InChI=1S/C22H30N3O3S/c1-5-6-11-19(24-21(27)28-22(2,3)4)20(26)25(16-18-10-8-13-29-18)15-17-9-7-12-23-14-17/h7-10,12-14,19H,1,5-6,11,15-16H2,2-4H3,(H,24,27)/t19-/m0/s1. The number of carbonyl (C=O) groups is 2. The summed E-state index contributed by atoms with van der Waals surface area (Å²) in [6.45, 7) is 10.1. The fraction of sp³-hybridized carbons (Fsp3) is 0.455. The first-order chi connectivity index (χ1) is 13.8. The van der Waals surface area contributed by atoms with Crippen LogP contribution in [0.15, 0.2) is 42.0 Å². The van der Waals surface area contributed by atoms with Gasteiger partial charge in [0.25, 0.3) is 0 Å². The van der Waals surface area contributed by atoms with E-state index in [2.05, 4.69) is 17.2 Å². The Kier molecular flexibility index (Phi) is 8.64. The molecule has 7 heteroatoms. The minimum atomic E-state index is -0.664. The van der Waals surface area contributed by atoms with Crippen LogP contribution in [0.5, 0.6) is 0 Å². The number of hydrogen-bond donors (Lipinski definition) is 1. The van der Waals surface area contributed by atoms with Gasteiger partial charge in [-0.1, -0.05) is 31.9 Å². The zero-order valence-electron chi connectivity index (χ0n) is 17.4. The molecule has 2 amide bonds. The van der Waals surface area contributed by atoms with E-state index in [4.69, 9.17) is 4.74 Å². The van der Waals surface area contributed by atoms with E-state index in [1.807, 2.05) is 29.6 Å². The van der Waals surface area contributed by atoms with Gasteiger partial charge in [0.2, 0.25) is 5.91 Å². The zero-order valence-corrected chi connectivity index (χ0v) is 18.2. The number of thiophene rings is 1. The summed E-state index contributed by atoms with van der Waals surface area (Å²) in [5.41, 5.74) is 0.307. The van der Waals surface area contributed by atoms with Crippen molar-refractivity contribution in [1.29, 1.82) is 0 Å². The van der Waals surface area contributed by atoms with Crippen LogP contribution < -0.4 is 5.32 Å². The molecular formula is C22H30N3O3S. The molecule has 0 aliphatic rings. The normalized spacial score (nSPS) is 12.3. The zero-order chi connectivity index (χ0) is 21.3. The van der Waals surface area contributed by atoms with Crippen molar-refractivity contribution in [1.82, 2.24) is 15.2 Å². The van der Waals surface area contributed by atoms with Gasteiger partial charge >= 0.3 is 6.09 Å². The molecule has 157 valence electrons. The maximum atomic E-state index is 13.4. The smallest absolute Gasteiger partial charge is 0.408 e. The Hall–Kier alpha value is -2.41. The number of alkyl carbamates (subject to hydrolysis) is 1. The molecule has 2 aromatic heterocycles. The number of nitrogens with zero attached hydrogens (tertiary/aromatic N) is 2. The van der Waals surface area contributed by atoms with Gasteiger partial charge in [0.05, 0.1) is 6.54 Å². The third-order valence-electron chi connectivity index (χ3n) is 4.07. The number of unbranched alkanes of at least 4 members (excludes halogenated alkanes) is 1. The topological polar surface area (TPSA) is 71.5 Å². The fourth-order valence-electron chi connectivity index (χ4n) is 2.79. The molecule has 0 saturated carbocycles. The summed E-state index contributed by atoms with van der Waals surface area (Å²) in [6.07, 6.45) is 4.79. The van der Waals surface area contributed by atoms with Crippen LogP contribution in [0.4, 0.5) is 4.79 Å². The van der Waals surface area contributed by atoms with Gasteiger partial charge in [0.15, 0.2) is 0 Å². The predicted octanol–water partition coefficient (Wildman–Crippen LogP) is 4.57. The Morgan fingerprint density at radius 3 is 2.66 bits per heavy atom. The van der Waals surface area contributed by atoms with Crippen molar-refractivity contribution in [2.45, 2.75) is 64.8 Å². The molecule has 1 N–H and O–H groups in total. The molecule has 0 fully saturated rings. The minimum absolute atomic E-state index is 0.137. The Morgan fingerprint density at radius 2 is 2.07 bits per heavy atom. The molecule has 1 radical (unpaired) electrons. The lowest BCUT2D eigenvalue weighted by molar-refractivity contribution is -0.135. The van der Waals surface area contributed by atoms with Gasteiger partial charge in [0.1, 0.15) is 11.6 Å². The molecule has 2 rings (SSSR count). The third-order valence-corrected chi connectivity index (χ3v) is 4.93. The highest BCUT2D eigenvalue weighted by atomic mass is 32.1. The highest BCUT2D eigenvalue weighted by molar-refractivity contribution is 7.09. The molecule has 0 aromatic carbocycles. The SMILES string of the molecule is [CH2]CCC[C@H](NC(=O)OC(C)(C)C)C(=O)N(Cc1cccnc1)Cc1cccs1. The van der Waals surface area contributed by atoms with E-state index >= 15 is 0 Å². The van der Waals surface area contributed by atoms with Gasteiger partial charge in [0, 0.05) is 23.8 Å². The number of aromatic nitrogens is 1. The molecule has 0 unspecified atom stereocenters. The molecule has 0 spiro atoms. The average molecular weight is 417 g/mol. The van der Waals surface area contributed by atoms with Crippen molar-refractivity contribution in [3.05, 3.63) is 59.4 Å². The number of amides is 2. The van der Waals surface area contributed by atoms with E-state index in [1.165, 1.54) is 0 Å². The predicted molar refractivity (Wildman–Crippen MR) is 115 cm³/mol. The summed E-state index contributed by atoms with van der Waals surface area (Å²) in [6, 6.07) is 7.09. The minimum Gasteiger partial charge on any atom is -0.444 e. The quantitative estimate of drug-likeness (QED) is 0.650. The van der Waals surface area contributed by atoms with Crippen LogP contribution in [-0.2, 0) is 22.6 Å². The lowest BCUT2D eigenvalue weighted by Gasteiger charge is -2.29. The highest BCUT2D eigenvalue weighted by Gasteiger charge is 2.28. The molecule has 2 heterocycles. The summed E-state index contributed by atoms with van der Waals surface area (Å²) in [7, 11) is 0. The molecule has 0 aliphatic carbocycles. The second-order valence-corrected chi connectivity index (χ2v) is 8.86. The van der Waals surface area contributed by atoms with Crippen molar-refractivity contribution in [3.8, 4) is 0 Å². The third kappa shape index (κ3) is 8.23. The molecule has 2 aromatic rings. The average Bonchev–Trinajstić information content (AvgIpc) is 3.16. The summed E-state index contributed by atoms with van der Waals surface area (Å²) >= 11 is 1.60. The Bertz CT molecular complexity index is 757. The van der Waals surface area contributed by atoms with E-state index in [1.54, 1.807) is 49.4 Å². The summed E-state index contributed by atoms with van der Waals surface area (Å²) in [4.78, 5) is 32.7. The van der Waals surface area contributed by atoms with Crippen molar-refractivity contribution < 1.29 is 14.3 Å². The lowest BCUT2D eigenvalue weighted by Crippen LogP contribution is -2.49. The monoisotopic (exact) mass is 416 g/mol. The Balaban J connectivity index is 2.18. The molecule has 0 saturated heterocycles. The number of nitrogens with one attached hydrogen (secondary N) is 1. The molecule has 6 nitrogen and oxygen atoms in total. The van der Waals surface area contributed by atoms with Crippen LogP contribution in [0.25, 0.3) is 0 Å². The van der Waals surface area contributed by atoms with Gasteiger partial charge in [-0.3, -0.25) is 9.78 Å². The van der Waals surface area contributed by atoms with Crippen molar-refractivity contribution >= 4 is 23.3 Å². The van der Waals surface area contributed by atoms with Crippen LogP contribution >= 0.6 is 11.3 Å². The van der Waals surface area contributed by atoms with Gasteiger partial charge in [-0.15, -0.1) is 11.3 Å². The first-order valence-corrected chi connectivity index (χ1v) is 10.7. The van der Waals surface area contributed by atoms with Crippen LogP contribution in [0.3, 0.4) is 0 Å². The number of ether oxygens (including phenoxy) is 1. The molecule has 29 heavy (non-hydrogen) atoms. The summed E-state index contributed by atoms with van der Waals surface area (Å²) in [5, 5.41) is 4.75. The molecule has 0 aliphatic heterocycles. The van der Waals surface area contributed by atoms with Gasteiger partial charge in [-0.25, -0.2) is 4.79 Å². The van der Waals surface area contributed by atoms with Crippen LogP contribution in [0.2, 0.25) is 0 Å². The number of pyridine rings is 1. The number of carbonyl (C=O) groups excluding carboxylic acids is 2. The van der Waals surface area contributed by atoms with E-state index in [0.717, 1.165) is 16.9 Å². The summed E-state index contributed by atoms with van der Waals surface area (Å²) < 4.78 is 5.36. The van der Waals surface area contributed by atoms with E-state index in [0.29, 0.717) is 25.9 Å². The number of hydrogen-bond acceptors (Lipinski definition) is 5. The Labute approximate surface area is 177 Å². The first kappa shape index (κ1) is 22.9. The van der Waals surface area contributed by atoms with Crippen LogP contribution in [0, 0.1) is 6.92 Å². The van der Waals surface area contributed by atoms with Crippen LogP contribution in [-0.4, -0.2) is 33.5 Å². The van der Waals surface area contributed by atoms with E-state index < -0.39 is 17.7 Å². The van der Waals surface area contributed by atoms with Gasteiger partial charge in [-0.05, 0) is 50.3 Å². The van der Waals surface area contributed by atoms with Crippen LogP contribution in [0.1, 0.15) is 50.5 Å². The fourth-order valence-corrected chi connectivity index (χ4v) is 3.51. The van der Waals surface area contributed by atoms with Gasteiger partial charge < -0.3 is 15.0 Å². The highest BCUT2D eigenvalue weighted by Crippen LogP contribution is 2.17. The lowest BCUT2D eigenvalue weighted by atomic mass is 10.1. The van der Waals surface area contributed by atoms with E-state index in [9.17, 15) is 9.59 Å². The second-order valence-electron chi connectivity index (χ2n) is 7.83.